The number of amides is 1. The summed E-state index contributed by atoms with van der Waals surface area (Å²) in [5, 5.41) is 10.9. The molecule has 27 heavy (non-hydrogen) atoms. The molecule has 4 rings (SSSR count). The van der Waals surface area contributed by atoms with E-state index in [1.54, 1.807) is 11.3 Å². The molecule has 0 unspecified atom stereocenters. The molecule has 0 radical (unpaired) electrons. The second kappa shape index (κ2) is 6.96. The van der Waals surface area contributed by atoms with Crippen molar-refractivity contribution in [1.29, 1.82) is 0 Å². The van der Waals surface area contributed by atoms with Gasteiger partial charge in [0.2, 0.25) is 5.91 Å². The average Bonchev–Trinajstić information content (AvgIpc) is 3.23. The highest BCUT2D eigenvalue weighted by Gasteiger charge is 2.14. The van der Waals surface area contributed by atoms with Gasteiger partial charge in [0.1, 0.15) is 5.69 Å². The van der Waals surface area contributed by atoms with Crippen molar-refractivity contribution in [1.82, 2.24) is 10.1 Å². The number of anilines is 1. The van der Waals surface area contributed by atoms with E-state index in [0.717, 1.165) is 38.5 Å². The summed E-state index contributed by atoms with van der Waals surface area (Å²) >= 11 is 1.62. The van der Waals surface area contributed by atoms with Crippen LogP contribution < -0.4 is 5.32 Å². The maximum atomic E-state index is 12.4. The first-order chi connectivity index (χ1) is 13.0. The minimum Gasteiger partial charge on any atom is -0.356 e. The normalized spacial score (nSPS) is 11.1. The molecular formula is C21H19N3O2S. The summed E-state index contributed by atoms with van der Waals surface area (Å²) in [4.78, 5) is 16.9. The lowest BCUT2D eigenvalue weighted by atomic mass is 10.1. The standard InChI is InChI=1S/C21H19N3O2S/c1-12-8-17-18(24-26-20(17)9-13(12)2)10-21(25)23-16-6-4-15(5-7-16)19-11-27-14(3)22-19/h4-9,11H,10H2,1-3H3,(H,23,25). The number of hydrogen-bond acceptors (Lipinski definition) is 5. The second-order valence-corrected chi connectivity index (χ2v) is 7.68. The Morgan fingerprint density at radius 1 is 1.11 bits per heavy atom. The highest BCUT2D eigenvalue weighted by Crippen LogP contribution is 2.25. The average molecular weight is 377 g/mol. The highest BCUT2D eigenvalue weighted by molar-refractivity contribution is 7.09. The maximum Gasteiger partial charge on any atom is 0.230 e. The van der Waals surface area contributed by atoms with Gasteiger partial charge in [0.15, 0.2) is 5.58 Å². The lowest BCUT2D eigenvalue weighted by Crippen LogP contribution is -2.14. The summed E-state index contributed by atoms with van der Waals surface area (Å²) < 4.78 is 5.37. The monoisotopic (exact) mass is 377 g/mol. The van der Waals surface area contributed by atoms with Crippen molar-refractivity contribution in [3.63, 3.8) is 0 Å². The number of nitrogens with zero attached hydrogens (tertiary/aromatic N) is 2. The van der Waals surface area contributed by atoms with Crippen LogP contribution in [0.25, 0.3) is 22.2 Å². The van der Waals surface area contributed by atoms with Gasteiger partial charge >= 0.3 is 0 Å². The van der Waals surface area contributed by atoms with Gasteiger partial charge in [-0.25, -0.2) is 4.98 Å². The smallest absolute Gasteiger partial charge is 0.230 e. The number of nitrogens with one attached hydrogen (secondary N) is 1. The van der Waals surface area contributed by atoms with E-state index in [1.807, 2.05) is 62.5 Å². The maximum absolute atomic E-state index is 12.4. The van der Waals surface area contributed by atoms with E-state index in [2.05, 4.69) is 15.5 Å². The summed E-state index contributed by atoms with van der Waals surface area (Å²) in [7, 11) is 0. The fourth-order valence-electron chi connectivity index (χ4n) is 2.95. The third-order valence-electron chi connectivity index (χ3n) is 4.57. The van der Waals surface area contributed by atoms with Crippen LogP contribution in [0.1, 0.15) is 21.8 Å². The first-order valence-corrected chi connectivity index (χ1v) is 9.55. The van der Waals surface area contributed by atoms with E-state index in [9.17, 15) is 4.79 Å². The quantitative estimate of drug-likeness (QED) is 0.540. The molecule has 6 heteroatoms. The molecule has 5 nitrogen and oxygen atoms in total. The number of fused-ring (bicyclic) bond motifs is 1. The first kappa shape index (κ1) is 17.4. The number of benzene rings is 2. The highest BCUT2D eigenvalue weighted by atomic mass is 32.1. The molecular weight excluding hydrogens is 358 g/mol. The zero-order valence-electron chi connectivity index (χ0n) is 15.4. The molecule has 0 spiro atoms. The Balaban J connectivity index is 1.47. The fourth-order valence-corrected chi connectivity index (χ4v) is 3.57. The first-order valence-electron chi connectivity index (χ1n) is 8.67. The van der Waals surface area contributed by atoms with Crippen molar-refractivity contribution in [3.05, 3.63) is 63.6 Å². The van der Waals surface area contributed by atoms with Gasteiger partial charge in [-0.1, -0.05) is 17.3 Å². The Labute approximate surface area is 161 Å². The van der Waals surface area contributed by atoms with Gasteiger partial charge in [-0.15, -0.1) is 11.3 Å². The van der Waals surface area contributed by atoms with Crippen LogP contribution >= 0.6 is 11.3 Å². The molecule has 0 aliphatic heterocycles. The van der Waals surface area contributed by atoms with Crippen LogP contribution in [0.2, 0.25) is 0 Å². The second-order valence-electron chi connectivity index (χ2n) is 6.62. The van der Waals surface area contributed by atoms with Gasteiger partial charge in [-0.05, 0) is 56.2 Å². The van der Waals surface area contributed by atoms with Crippen molar-refractivity contribution >= 4 is 33.9 Å². The SMILES string of the molecule is Cc1nc(-c2ccc(NC(=O)Cc3noc4cc(C)c(C)cc34)cc2)cs1. The van der Waals surface area contributed by atoms with Crippen molar-refractivity contribution in [3.8, 4) is 11.3 Å². The Hall–Kier alpha value is -2.99. The van der Waals surface area contributed by atoms with Gasteiger partial charge < -0.3 is 9.84 Å². The van der Waals surface area contributed by atoms with E-state index in [4.69, 9.17) is 4.52 Å². The van der Waals surface area contributed by atoms with Crippen molar-refractivity contribution in [2.75, 3.05) is 5.32 Å². The fraction of sp³-hybridized carbons (Fsp3) is 0.190. The van der Waals surface area contributed by atoms with Crippen LogP contribution in [0.3, 0.4) is 0 Å². The molecule has 2 aromatic carbocycles. The Morgan fingerprint density at radius 3 is 2.56 bits per heavy atom. The number of thiazole rings is 1. The van der Waals surface area contributed by atoms with E-state index in [0.29, 0.717) is 11.3 Å². The summed E-state index contributed by atoms with van der Waals surface area (Å²) in [5.41, 5.74) is 6.39. The predicted molar refractivity (Wildman–Crippen MR) is 108 cm³/mol. The molecule has 2 heterocycles. The van der Waals surface area contributed by atoms with E-state index >= 15 is 0 Å². The third kappa shape index (κ3) is 3.61. The summed E-state index contributed by atoms with van der Waals surface area (Å²) in [5.74, 6) is -0.124. The molecule has 0 atom stereocenters. The lowest BCUT2D eigenvalue weighted by Gasteiger charge is -2.05. The zero-order valence-corrected chi connectivity index (χ0v) is 16.2. The number of carbonyl (C=O) groups excluding carboxylic acids is 1. The topological polar surface area (TPSA) is 68.0 Å². The van der Waals surface area contributed by atoms with Gasteiger partial charge in [0, 0.05) is 22.0 Å². The van der Waals surface area contributed by atoms with Gasteiger partial charge in [0.25, 0.3) is 0 Å². The molecule has 0 saturated carbocycles. The summed E-state index contributed by atoms with van der Waals surface area (Å²) in [6.07, 6.45) is 0.169. The number of carbonyl (C=O) groups is 1. The van der Waals surface area contributed by atoms with Crippen LogP contribution in [0, 0.1) is 20.8 Å². The molecule has 0 aliphatic rings. The predicted octanol–water partition coefficient (Wildman–Crippen LogP) is 5.06. The van der Waals surface area contributed by atoms with Gasteiger partial charge in [-0.2, -0.15) is 0 Å². The van der Waals surface area contributed by atoms with Gasteiger partial charge in [0.05, 0.1) is 17.1 Å². The summed E-state index contributed by atoms with van der Waals surface area (Å²) in [6.45, 7) is 6.05. The molecule has 0 fully saturated rings. The van der Waals surface area contributed by atoms with Crippen molar-refractivity contribution in [2.24, 2.45) is 0 Å². The van der Waals surface area contributed by atoms with Crippen molar-refractivity contribution < 1.29 is 9.32 Å². The lowest BCUT2D eigenvalue weighted by molar-refractivity contribution is -0.115. The van der Waals surface area contributed by atoms with Gasteiger partial charge in [-0.3, -0.25) is 4.79 Å². The zero-order chi connectivity index (χ0) is 19.0. The molecule has 1 N–H and O–H groups in total. The van der Waals surface area contributed by atoms with Crippen LogP contribution in [0.5, 0.6) is 0 Å². The Morgan fingerprint density at radius 2 is 1.85 bits per heavy atom. The molecule has 0 bridgehead atoms. The molecule has 0 aliphatic carbocycles. The van der Waals surface area contributed by atoms with Crippen LogP contribution in [-0.4, -0.2) is 16.0 Å². The van der Waals surface area contributed by atoms with Crippen molar-refractivity contribution in [2.45, 2.75) is 27.2 Å². The van der Waals surface area contributed by atoms with E-state index < -0.39 is 0 Å². The number of aromatic nitrogens is 2. The van der Waals surface area contributed by atoms with Crippen LogP contribution in [-0.2, 0) is 11.2 Å². The minimum atomic E-state index is -0.124. The largest absolute Gasteiger partial charge is 0.356 e. The Bertz CT molecular complexity index is 1130. The molecule has 136 valence electrons. The number of aryl methyl sites for hydroxylation is 3. The van der Waals surface area contributed by atoms with Crippen LogP contribution in [0.15, 0.2) is 46.3 Å². The minimum absolute atomic E-state index is 0.124. The number of hydrogen-bond donors (Lipinski definition) is 1. The third-order valence-corrected chi connectivity index (χ3v) is 5.35. The van der Waals surface area contributed by atoms with Crippen LogP contribution in [0.4, 0.5) is 5.69 Å². The summed E-state index contributed by atoms with van der Waals surface area (Å²) in [6, 6.07) is 11.7. The van der Waals surface area contributed by atoms with E-state index in [1.165, 1.54) is 0 Å². The molecule has 0 saturated heterocycles. The Kier molecular flexibility index (Phi) is 4.49. The number of rotatable bonds is 4. The van der Waals surface area contributed by atoms with E-state index in [-0.39, 0.29) is 12.3 Å². The molecule has 1 amide bonds. The molecule has 4 aromatic rings. The molecule has 2 aromatic heterocycles.